The molecule has 0 fully saturated rings. The van der Waals surface area contributed by atoms with Gasteiger partial charge >= 0.3 is 5.97 Å². The quantitative estimate of drug-likeness (QED) is 0.755. The van der Waals surface area contributed by atoms with Crippen LogP contribution in [0.5, 0.6) is 0 Å². The van der Waals surface area contributed by atoms with E-state index in [1.54, 1.807) is 19.2 Å². The van der Waals surface area contributed by atoms with Crippen LogP contribution < -0.4 is 5.43 Å². The number of carbonyl (C=O) groups excluding carboxylic acids is 1. The molecular weight excluding hydrogens is 230 g/mol. The fourth-order valence-corrected chi connectivity index (χ4v) is 2.51. The van der Waals surface area contributed by atoms with E-state index >= 15 is 0 Å². The molecule has 18 heavy (non-hydrogen) atoms. The van der Waals surface area contributed by atoms with Gasteiger partial charge in [0.05, 0.1) is 12.1 Å². The molecule has 92 valence electrons. The SMILES string of the molecule is CCOC(=O)c1cn2c3c(cccc3c1=O)CC2. The number of carbonyl (C=O) groups is 1. The van der Waals surface area contributed by atoms with Gasteiger partial charge in [0.2, 0.25) is 5.43 Å². The van der Waals surface area contributed by atoms with Crippen LogP contribution in [0.3, 0.4) is 0 Å². The second-order valence-corrected chi connectivity index (χ2v) is 4.35. The summed E-state index contributed by atoms with van der Waals surface area (Å²) in [7, 11) is 0. The third-order valence-electron chi connectivity index (χ3n) is 3.30. The van der Waals surface area contributed by atoms with Crippen LogP contribution in [0.25, 0.3) is 10.9 Å². The predicted molar refractivity (Wildman–Crippen MR) is 67.9 cm³/mol. The number of pyridine rings is 1. The highest BCUT2D eigenvalue weighted by Crippen LogP contribution is 2.23. The minimum atomic E-state index is -0.537. The first-order valence-electron chi connectivity index (χ1n) is 6.04. The topological polar surface area (TPSA) is 48.3 Å². The zero-order valence-electron chi connectivity index (χ0n) is 10.1. The van der Waals surface area contributed by atoms with Crippen molar-refractivity contribution in [1.82, 2.24) is 4.57 Å². The zero-order chi connectivity index (χ0) is 12.7. The molecule has 0 amide bonds. The molecule has 4 heteroatoms. The highest BCUT2D eigenvalue weighted by atomic mass is 16.5. The molecule has 0 saturated carbocycles. The molecule has 3 rings (SSSR count). The van der Waals surface area contributed by atoms with Gasteiger partial charge in [-0.1, -0.05) is 12.1 Å². The summed E-state index contributed by atoms with van der Waals surface area (Å²) < 4.78 is 6.89. The number of ether oxygens (including phenoxy) is 1. The summed E-state index contributed by atoms with van der Waals surface area (Å²) in [6.45, 7) is 2.81. The Balaban J connectivity index is 2.30. The molecule has 4 nitrogen and oxygen atoms in total. The van der Waals surface area contributed by atoms with Crippen LogP contribution in [0, 0.1) is 0 Å². The summed E-state index contributed by atoms with van der Waals surface area (Å²) in [5.41, 5.74) is 2.02. The van der Waals surface area contributed by atoms with Gasteiger partial charge in [0.15, 0.2) is 0 Å². The van der Waals surface area contributed by atoms with Crippen molar-refractivity contribution in [2.75, 3.05) is 6.61 Å². The van der Waals surface area contributed by atoms with Gasteiger partial charge in [0.1, 0.15) is 5.56 Å². The molecule has 0 saturated heterocycles. The van der Waals surface area contributed by atoms with Gasteiger partial charge in [0.25, 0.3) is 0 Å². The Labute approximate surface area is 104 Å². The van der Waals surface area contributed by atoms with Gasteiger partial charge in [-0.3, -0.25) is 4.79 Å². The van der Waals surface area contributed by atoms with Crippen molar-refractivity contribution < 1.29 is 9.53 Å². The normalized spacial score (nSPS) is 12.9. The number of aryl methyl sites for hydroxylation is 2. The highest BCUT2D eigenvalue weighted by molar-refractivity contribution is 5.94. The van der Waals surface area contributed by atoms with E-state index in [-0.39, 0.29) is 17.6 Å². The second kappa shape index (κ2) is 3.98. The molecule has 1 aromatic carbocycles. The van der Waals surface area contributed by atoms with Crippen molar-refractivity contribution in [2.24, 2.45) is 0 Å². The molecule has 1 aliphatic heterocycles. The molecule has 0 radical (unpaired) electrons. The van der Waals surface area contributed by atoms with Gasteiger partial charge < -0.3 is 9.30 Å². The number of para-hydroxylation sites is 1. The Hall–Kier alpha value is -2.10. The third-order valence-corrected chi connectivity index (χ3v) is 3.30. The summed E-state index contributed by atoms with van der Waals surface area (Å²) in [6, 6.07) is 5.66. The van der Waals surface area contributed by atoms with Crippen molar-refractivity contribution in [2.45, 2.75) is 19.9 Å². The fourth-order valence-electron chi connectivity index (χ4n) is 2.51. The van der Waals surface area contributed by atoms with Crippen LogP contribution in [0.4, 0.5) is 0 Å². The molecule has 2 aromatic rings. The lowest BCUT2D eigenvalue weighted by atomic mass is 10.1. The predicted octanol–water partition coefficient (Wildman–Crippen LogP) is 1.73. The average molecular weight is 243 g/mol. The van der Waals surface area contributed by atoms with E-state index in [1.165, 1.54) is 5.56 Å². The first-order chi connectivity index (χ1) is 8.72. The van der Waals surface area contributed by atoms with Crippen LogP contribution in [0.2, 0.25) is 0 Å². The van der Waals surface area contributed by atoms with Gasteiger partial charge in [-0.15, -0.1) is 0 Å². The van der Waals surface area contributed by atoms with Crippen molar-refractivity contribution in [3.05, 3.63) is 45.7 Å². The fraction of sp³-hybridized carbons (Fsp3) is 0.286. The molecule has 0 bridgehead atoms. The smallest absolute Gasteiger partial charge is 0.343 e. The number of benzene rings is 1. The van der Waals surface area contributed by atoms with E-state index in [4.69, 9.17) is 4.74 Å². The molecule has 2 heterocycles. The van der Waals surface area contributed by atoms with E-state index in [9.17, 15) is 9.59 Å². The van der Waals surface area contributed by atoms with Crippen molar-refractivity contribution in [1.29, 1.82) is 0 Å². The highest BCUT2D eigenvalue weighted by Gasteiger charge is 2.20. The first kappa shape index (κ1) is 11.0. The Morgan fingerprint density at radius 2 is 2.28 bits per heavy atom. The Morgan fingerprint density at radius 1 is 1.44 bits per heavy atom. The molecule has 0 N–H and O–H groups in total. The van der Waals surface area contributed by atoms with Crippen LogP contribution in [-0.4, -0.2) is 17.1 Å². The van der Waals surface area contributed by atoms with Crippen LogP contribution in [0.15, 0.2) is 29.2 Å². The minimum absolute atomic E-state index is 0.128. The van der Waals surface area contributed by atoms with Crippen molar-refractivity contribution in [3.8, 4) is 0 Å². The number of rotatable bonds is 2. The number of nitrogens with zero attached hydrogens (tertiary/aromatic N) is 1. The van der Waals surface area contributed by atoms with Gasteiger partial charge in [-0.2, -0.15) is 0 Å². The zero-order valence-corrected chi connectivity index (χ0v) is 10.1. The van der Waals surface area contributed by atoms with Gasteiger partial charge in [-0.05, 0) is 25.0 Å². The van der Waals surface area contributed by atoms with E-state index in [0.717, 1.165) is 18.5 Å². The summed E-state index contributed by atoms with van der Waals surface area (Å²) in [5, 5.41) is 0.607. The Bertz CT molecular complexity index is 700. The standard InChI is InChI=1S/C14H13NO3/c1-2-18-14(17)11-8-15-7-6-9-4-3-5-10(12(9)15)13(11)16/h3-5,8H,2,6-7H2,1H3. The summed E-state index contributed by atoms with van der Waals surface area (Å²) >= 11 is 0. The third kappa shape index (κ3) is 1.45. The number of aromatic nitrogens is 1. The molecular formula is C14H13NO3. The van der Waals surface area contributed by atoms with E-state index in [1.807, 2.05) is 16.7 Å². The van der Waals surface area contributed by atoms with Crippen LogP contribution >= 0.6 is 0 Å². The minimum Gasteiger partial charge on any atom is -0.462 e. The van der Waals surface area contributed by atoms with Gasteiger partial charge in [-0.25, -0.2) is 4.79 Å². The van der Waals surface area contributed by atoms with E-state index in [0.29, 0.717) is 5.39 Å². The Morgan fingerprint density at radius 3 is 3.06 bits per heavy atom. The molecule has 0 spiro atoms. The maximum Gasteiger partial charge on any atom is 0.343 e. The molecule has 0 unspecified atom stereocenters. The monoisotopic (exact) mass is 243 g/mol. The number of esters is 1. The van der Waals surface area contributed by atoms with Crippen LogP contribution in [-0.2, 0) is 17.7 Å². The molecule has 1 aromatic heterocycles. The first-order valence-corrected chi connectivity index (χ1v) is 6.04. The summed E-state index contributed by atoms with van der Waals surface area (Å²) in [5.74, 6) is -0.537. The molecule has 0 atom stereocenters. The maximum absolute atomic E-state index is 12.3. The second-order valence-electron chi connectivity index (χ2n) is 4.35. The van der Waals surface area contributed by atoms with Crippen molar-refractivity contribution in [3.63, 3.8) is 0 Å². The van der Waals surface area contributed by atoms with E-state index < -0.39 is 5.97 Å². The Kier molecular flexibility index (Phi) is 2.44. The summed E-state index contributed by atoms with van der Waals surface area (Å²) in [6.07, 6.45) is 2.53. The lowest BCUT2D eigenvalue weighted by Gasteiger charge is -2.07. The van der Waals surface area contributed by atoms with Crippen LogP contribution in [0.1, 0.15) is 22.8 Å². The molecule has 1 aliphatic rings. The largest absolute Gasteiger partial charge is 0.462 e. The summed E-state index contributed by atoms with van der Waals surface area (Å²) in [4.78, 5) is 24.0. The number of hydrogen-bond acceptors (Lipinski definition) is 3. The van der Waals surface area contributed by atoms with E-state index in [2.05, 4.69) is 0 Å². The van der Waals surface area contributed by atoms with Crippen molar-refractivity contribution >= 4 is 16.9 Å². The average Bonchev–Trinajstić information content (AvgIpc) is 2.78. The maximum atomic E-state index is 12.3. The number of hydrogen-bond donors (Lipinski definition) is 0. The lowest BCUT2D eigenvalue weighted by molar-refractivity contribution is 0.0524. The molecule has 0 aliphatic carbocycles. The van der Waals surface area contributed by atoms with Gasteiger partial charge in [0, 0.05) is 18.1 Å². The lowest BCUT2D eigenvalue weighted by Crippen LogP contribution is -2.20.